The average molecular weight is 547 g/mol. The van der Waals surface area contributed by atoms with Gasteiger partial charge in [-0.15, -0.1) is 0 Å². The molecule has 0 saturated heterocycles. The number of halogens is 1. The number of phenols is 1. The Hall–Kier alpha value is -2.41. The number of aromatic hydroxyl groups is 1. The molecule has 0 heterocycles. The molecule has 0 saturated carbocycles. The minimum Gasteiger partial charge on any atom is -0.746 e. The first-order chi connectivity index (χ1) is 17.2. The predicted octanol–water partition coefficient (Wildman–Crippen LogP) is 2.86. The summed E-state index contributed by atoms with van der Waals surface area (Å²) in [6.45, 7) is 0. The van der Waals surface area contributed by atoms with E-state index in [9.17, 15) is 19.4 Å². The van der Waals surface area contributed by atoms with Gasteiger partial charge in [-0.25, -0.2) is 0 Å². The molecule has 0 aromatic heterocycles. The molecule has 0 amide bonds. The number of ketones is 1. The normalized spacial score (nSPS) is 12.6. The van der Waals surface area contributed by atoms with Gasteiger partial charge < -0.3 is 19.4 Å². The van der Waals surface area contributed by atoms with Crippen molar-refractivity contribution in [1.29, 1.82) is 0 Å². The zero-order valence-electron chi connectivity index (χ0n) is 20.2. The topological polar surface area (TPSA) is 107 Å². The van der Waals surface area contributed by atoms with Crippen molar-refractivity contribution < 1.29 is 58.3 Å². The second kappa shape index (κ2) is 15.1. The molecule has 0 radical (unpaired) electrons. The van der Waals surface area contributed by atoms with E-state index in [2.05, 4.69) is 4.52 Å². The Kier molecular flexibility index (Phi) is 12.6. The Morgan fingerprint density at radius 1 is 0.811 bits per heavy atom. The number of carbonyl (C=O) groups is 1. The molecule has 4 aromatic carbocycles. The molecule has 186 valence electrons. The number of phosphoric ester groups is 1. The zero-order valence-corrected chi connectivity index (χ0v) is 23.9. The summed E-state index contributed by atoms with van der Waals surface area (Å²) in [6.07, 6.45) is 1.27. The smallest absolute Gasteiger partial charge is 0.746 e. The van der Waals surface area contributed by atoms with Gasteiger partial charge in [0.05, 0.1) is 0 Å². The van der Waals surface area contributed by atoms with E-state index in [0.29, 0.717) is 17.9 Å². The van der Waals surface area contributed by atoms with E-state index in [-0.39, 0.29) is 52.8 Å². The van der Waals surface area contributed by atoms with E-state index in [4.69, 9.17) is 16.5 Å². The van der Waals surface area contributed by atoms with Crippen LogP contribution >= 0.6 is 19.4 Å². The van der Waals surface area contributed by atoms with Crippen LogP contribution in [0.25, 0.3) is 0 Å². The summed E-state index contributed by atoms with van der Waals surface area (Å²) in [5.74, 6) is 0.289. The number of phenolic OH excluding ortho intramolecular Hbond substituents is 1. The minimum atomic E-state index is -4.64. The summed E-state index contributed by atoms with van der Waals surface area (Å²) in [5, 5.41) is 10.1. The number of carbonyl (C=O) groups excluding carboxylic acids is 1. The number of para-hydroxylation sites is 1. The summed E-state index contributed by atoms with van der Waals surface area (Å²) in [5.41, 5.74) is 2.83. The summed E-state index contributed by atoms with van der Waals surface area (Å²) in [4.78, 5) is 31.4. The first-order valence-electron chi connectivity index (χ1n) is 11.1. The van der Waals surface area contributed by atoms with Crippen molar-refractivity contribution in [2.45, 2.75) is 12.8 Å². The Morgan fingerprint density at radius 2 is 1.27 bits per heavy atom. The molecule has 4 rings (SSSR count). The molecule has 0 aliphatic rings. The van der Waals surface area contributed by atoms with Gasteiger partial charge in [0, 0.05) is 16.5 Å². The standard InChI is InChI=1S/C22H19ClO2.C6H7O4P.Na/c23-20-10-6-16(7-11-20)14-19(15-17-8-12-21(24)13-9-17)22(25)18-4-2-1-3-5-18;7-11(8,9)10-6-4-2-1-3-5-6;/h1-13,19,24H,14-15H2;1-5H,(H2,7,8,9);/q;;+1/p-1. The quantitative estimate of drug-likeness (QED) is 0.200. The van der Waals surface area contributed by atoms with Crippen LogP contribution in [0.4, 0.5) is 0 Å². The first-order valence-corrected chi connectivity index (χ1v) is 13.0. The van der Waals surface area contributed by atoms with Crippen molar-refractivity contribution in [1.82, 2.24) is 0 Å². The van der Waals surface area contributed by atoms with Gasteiger partial charge in [0.1, 0.15) is 11.5 Å². The zero-order chi connectivity index (χ0) is 26.0. The molecule has 2 atom stereocenters. The van der Waals surface area contributed by atoms with Crippen LogP contribution in [0.3, 0.4) is 0 Å². The van der Waals surface area contributed by atoms with Gasteiger partial charge in [0.15, 0.2) is 5.78 Å². The largest absolute Gasteiger partial charge is 1.00 e. The second-order valence-electron chi connectivity index (χ2n) is 8.00. The number of benzene rings is 4. The molecule has 0 bridgehead atoms. The van der Waals surface area contributed by atoms with Crippen LogP contribution in [0.2, 0.25) is 5.02 Å². The number of hydrogen-bond acceptors (Lipinski definition) is 5. The maximum atomic E-state index is 13.0. The van der Waals surface area contributed by atoms with E-state index in [1.54, 1.807) is 30.3 Å². The first kappa shape index (κ1) is 30.8. The average Bonchev–Trinajstić information content (AvgIpc) is 2.86. The number of Topliss-reactive ketones (excluding diaryl/α,β-unsaturated/α-hetero) is 1. The maximum Gasteiger partial charge on any atom is 1.00 e. The van der Waals surface area contributed by atoms with Crippen molar-refractivity contribution in [3.63, 3.8) is 0 Å². The molecule has 37 heavy (non-hydrogen) atoms. The third kappa shape index (κ3) is 11.2. The third-order valence-corrected chi connectivity index (χ3v) is 5.90. The van der Waals surface area contributed by atoms with Gasteiger partial charge in [-0.3, -0.25) is 9.36 Å². The predicted molar refractivity (Wildman–Crippen MR) is 138 cm³/mol. The van der Waals surface area contributed by atoms with E-state index in [1.165, 1.54) is 12.1 Å². The molecule has 0 fully saturated rings. The monoisotopic (exact) mass is 546 g/mol. The summed E-state index contributed by atoms with van der Waals surface area (Å²) in [7, 11) is -4.64. The van der Waals surface area contributed by atoms with E-state index in [0.717, 1.165) is 16.7 Å². The summed E-state index contributed by atoms with van der Waals surface area (Å²) in [6, 6.07) is 31.8. The van der Waals surface area contributed by atoms with Gasteiger partial charge in [-0.1, -0.05) is 84.4 Å². The second-order valence-corrected chi connectivity index (χ2v) is 9.56. The molecule has 0 aliphatic heterocycles. The molecule has 2 unspecified atom stereocenters. The molecule has 6 nitrogen and oxygen atoms in total. The fourth-order valence-corrected chi connectivity index (χ4v) is 4.05. The number of hydrogen-bond donors (Lipinski definition) is 2. The van der Waals surface area contributed by atoms with E-state index < -0.39 is 7.82 Å². The molecule has 0 aliphatic carbocycles. The van der Waals surface area contributed by atoms with Crippen LogP contribution in [-0.2, 0) is 17.4 Å². The summed E-state index contributed by atoms with van der Waals surface area (Å²) >= 11 is 5.96. The molecule has 2 N–H and O–H groups in total. The van der Waals surface area contributed by atoms with Crippen LogP contribution in [0.5, 0.6) is 11.5 Å². The van der Waals surface area contributed by atoms with Crippen molar-refractivity contribution in [3.05, 3.63) is 131 Å². The van der Waals surface area contributed by atoms with Gasteiger partial charge >= 0.3 is 37.4 Å². The third-order valence-electron chi connectivity index (χ3n) is 5.21. The van der Waals surface area contributed by atoms with Gasteiger partial charge in [-0.05, 0) is 60.4 Å². The Bertz CT molecular complexity index is 1230. The van der Waals surface area contributed by atoms with Crippen molar-refractivity contribution in [3.8, 4) is 11.5 Å². The SMILES string of the molecule is O=C(c1ccccc1)C(Cc1ccc(O)cc1)Cc1ccc(Cl)cc1.O=P([O-])(O)Oc1ccccc1.[Na+]. The molecular formula is C28H25ClNaO6P. The maximum absolute atomic E-state index is 13.0. The van der Waals surface area contributed by atoms with Gasteiger partial charge in [0.25, 0.3) is 0 Å². The number of phosphoric acid groups is 1. The summed E-state index contributed by atoms with van der Waals surface area (Å²) < 4.78 is 14.3. The molecular weight excluding hydrogens is 522 g/mol. The van der Waals surface area contributed by atoms with Crippen LogP contribution in [-0.4, -0.2) is 15.8 Å². The Labute approximate surface area is 243 Å². The van der Waals surface area contributed by atoms with Gasteiger partial charge in [0.2, 0.25) is 0 Å². The van der Waals surface area contributed by atoms with E-state index in [1.807, 2.05) is 66.7 Å². The fourth-order valence-electron chi connectivity index (χ4n) is 3.53. The molecule has 4 aromatic rings. The molecule has 9 heteroatoms. The van der Waals surface area contributed by atoms with Crippen molar-refractivity contribution in [2.75, 3.05) is 0 Å². The van der Waals surface area contributed by atoms with E-state index >= 15 is 0 Å². The Morgan fingerprint density at radius 3 is 1.76 bits per heavy atom. The van der Waals surface area contributed by atoms with Gasteiger partial charge in [-0.2, -0.15) is 0 Å². The van der Waals surface area contributed by atoms with Crippen LogP contribution in [0, 0.1) is 5.92 Å². The van der Waals surface area contributed by atoms with Crippen molar-refractivity contribution >= 4 is 25.2 Å². The molecule has 0 spiro atoms. The van der Waals surface area contributed by atoms with Crippen LogP contribution in [0.1, 0.15) is 21.5 Å². The van der Waals surface area contributed by atoms with Crippen molar-refractivity contribution in [2.24, 2.45) is 5.92 Å². The van der Waals surface area contributed by atoms with Crippen LogP contribution in [0.15, 0.2) is 109 Å². The van der Waals surface area contributed by atoms with Crippen LogP contribution < -0.4 is 39.0 Å². The minimum absolute atomic E-state index is 0. The fraction of sp³-hybridized carbons (Fsp3) is 0.107. The Balaban J connectivity index is 0.000000339. The number of rotatable bonds is 8.